The maximum atomic E-state index is 11.5. The predicted molar refractivity (Wildman–Crippen MR) is 75.8 cm³/mol. The SMILES string of the molecule is CC(C)(C)NC(=O)CCNCCC(=O)OC(C)(C)C. The Kier molecular flexibility index (Phi) is 7.05. The molecule has 0 atom stereocenters. The van der Waals surface area contributed by atoms with E-state index in [1.165, 1.54) is 0 Å². The first-order valence-corrected chi connectivity index (χ1v) is 6.73. The number of nitrogens with one attached hydrogen (secondary N) is 2. The zero-order chi connectivity index (χ0) is 15.1. The van der Waals surface area contributed by atoms with Crippen LogP contribution in [0.2, 0.25) is 0 Å². The number of carbonyl (C=O) groups is 2. The van der Waals surface area contributed by atoms with Crippen LogP contribution in [0.3, 0.4) is 0 Å². The molecule has 0 unspecified atom stereocenters. The molecule has 2 N–H and O–H groups in total. The van der Waals surface area contributed by atoms with Crippen LogP contribution in [0.1, 0.15) is 54.4 Å². The van der Waals surface area contributed by atoms with Crippen molar-refractivity contribution in [2.24, 2.45) is 0 Å². The minimum Gasteiger partial charge on any atom is -0.460 e. The molecule has 0 spiro atoms. The summed E-state index contributed by atoms with van der Waals surface area (Å²) in [6.07, 6.45) is 0.726. The molecule has 0 radical (unpaired) electrons. The highest BCUT2D eigenvalue weighted by Crippen LogP contribution is 2.07. The summed E-state index contributed by atoms with van der Waals surface area (Å²) >= 11 is 0. The van der Waals surface area contributed by atoms with Crippen LogP contribution >= 0.6 is 0 Å². The monoisotopic (exact) mass is 272 g/mol. The number of hydrogen-bond donors (Lipinski definition) is 2. The van der Waals surface area contributed by atoms with Gasteiger partial charge in [-0.15, -0.1) is 0 Å². The summed E-state index contributed by atoms with van der Waals surface area (Å²) in [5.74, 6) is -0.212. The lowest BCUT2D eigenvalue weighted by atomic mass is 10.1. The normalized spacial score (nSPS) is 12.1. The Bertz CT molecular complexity index is 271. The maximum Gasteiger partial charge on any atom is 0.307 e. The summed E-state index contributed by atoms with van der Waals surface area (Å²) in [7, 11) is 0. The minimum atomic E-state index is -0.441. The topological polar surface area (TPSA) is 67.4 Å². The third-order valence-corrected chi connectivity index (χ3v) is 1.97. The summed E-state index contributed by atoms with van der Waals surface area (Å²) < 4.78 is 5.17. The van der Waals surface area contributed by atoms with Gasteiger partial charge in [-0.2, -0.15) is 0 Å². The molecule has 0 aliphatic rings. The third kappa shape index (κ3) is 13.1. The zero-order valence-corrected chi connectivity index (χ0v) is 13.1. The van der Waals surface area contributed by atoms with E-state index < -0.39 is 5.60 Å². The van der Waals surface area contributed by atoms with Crippen LogP contribution in [0, 0.1) is 0 Å². The van der Waals surface area contributed by atoms with Gasteiger partial charge in [-0.05, 0) is 41.5 Å². The molecule has 0 aromatic carbocycles. The minimum absolute atomic E-state index is 0.0114. The first-order chi connectivity index (χ1) is 8.49. The van der Waals surface area contributed by atoms with Crippen molar-refractivity contribution in [2.75, 3.05) is 13.1 Å². The molecule has 5 nitrogen and oxygen atoms in total. The van der Waals surface area contributed by atoms with E-state index in [9.17, 15) is 9.59 Å². The number of rotatable bonds is 6. The van der Waals surface area contributed by atoms with Crippen LogP contribution in [-0.2, 0) is 14.3 Å². The Morgan fingerprint density at radius 2 is 1.47 bits per heavy atom. The van der Waals surface area contributed by atoms with Crippen molar-refractivity contribution < 1.29 is 14.3 Å². The molecule has 112 valence electrons. The molecule has 0 saturated heterocycles. The average Bonchev–Trinajstić information content (AvgIpc) is 2.10. The van der Waals surface area contributed by atoms with Gasteiger partial charge in [0.1, 0.15) is 5.60 Å². The molecule has 0 heterocycles. The van der Waals surface area contributed by atoms with E-state index in [0.29, 0.717) is 25.9 Å². The lowest BCUT2D eigenvalue weighted by Crippen LogP contribution is -2.41. The number of hydrogen-bond acceptors (Lipinski definition) is 4. The number of ether oxygens (including phenoxy) is 1. The van der Waals surface area contributed by atoms with E-state index in [2.05, 4.69) is 10.6 Å². The first-order valence-electron chi connectivity index (χ1n) is 6.73. The Labute approximate surface area is 116 Å². The van der Waals surface area contributed by atoms with Gasteiger partial charge < -0.3 is 15.4 Å². The molecule has 5 heteroatoms. The Hall–Kier alpha value is -1.10. The molecule has 0 aliphatic carbocycles. The van der Waals surface area contributed by atoms with Crippen molar-refractivity contribution in [1.82, 2.24) is 10.6 Å². The van der Waals surface area contributed by atoms with E-state index in [-0.39, 0.29) is 17.4 Å². The zero-order valence-electron chi connectivity index (χ0n) is 13.1. The van der Waals surface area contributed by atoms with E-state index >= 15 is 0 Å². The van der Waals surface area contributed by atoms with Gasteiger partial charge in [-0.3, -0.25) is 9.59 Å². The molecule has 0 saturated carbocycles. The lowest BCUT2D eigenvalue weighted by Gasteiger charge is -2.20. The molecule has 0 fully saturated rings. The molecule has 1 amide bonds. The van der Waals surface area contributed by atoms with E-state index in [4.69, 9.17) is 4.74 Å². The highest BCUT2D eigenvalue weighted by atomic mass is 16.6. The number of esters is 1. The Morgan fingerprint density at radius 3 is 1.95 bits per heavy atom. The maximum absolute atomic E-state index is 11.5. The second-order valence-electron chi connectivity index (χ2n) is 6.63. The summed E-state index contributed by atoms with van der Waals surface area (Å²) in [4.78, 5) is 22.9. The van der Waals surface area contributed by atoms with E-state index in [0.717, 1.165) is 0 Å². The molecule has 19 heavy (non-hydrogen) atoms. The van der Waals surface area contributed by atoms with Gasteiger partial charge in [0, 0.05) is 25.0 Å². The van der Waals surface area contributed by atoms with Crippen LogP contribution in [0.15, 0.2) is 0 Å². The van der Waals surface area contributed by atoms with Gasteiger partial charge in [0.15, 0.2) is 0 Å². The van der Waals surface area contributed by atoms with Gasteiger partial charge in [-0.1, -0.05) is 0 Å². The molecular formula is C14H28N2O3. The number of carbonyl (C=O) groups excluding carboxylic acids is 2. The molecular weight excluding hydrogens is 244 g/mol. The molecule has 0 aromatic rings. The van der Waals surface area contributed by atoms with E-state index in [1.807, 2.05) is 41.5 Å². The van der Waals surface area contributed by atoms with Gasteiger partial charge in [-0.25, -0.2) is 0 Å². The second-order valence-corrected chi connectivity index (χ2v) is 6.63. The van der Waals surface area contributed by atoms with Crippen LogP contribution in [0.5, 0.6) is 0 Å². The Balaban J connectivity index is 3.61. The third-order valence-electron chi connectivity index (χ3n) is 1.97. The van der Waals surface area contributed by atoms with Crippen LogP contribution in [0.25, 0.3) is 0 Å². The molecule has 0 bridgehead atoms. The fourth-order valence-electron chi connectivity index (χ4n) is 1.39. The van der Waals surface area contributed by atoms with Crippen molar-refractivity contribution in [1.29, 1.82) is 0 Å². The average molecular weight is 272 g/mol. The van der Waals surface area contributed by atoms with Crippen LogP contribution < -0.4 is 10.6 Å². The van der Waals surface area contributed by atoms with Crippen molar-refractivity contribution in [3.05, 3.63) is 0 Å². The Morgan fingerprint density at radius 1 is 0.947 bits per heavy atom. The largest absolute Gasteiger partial charge is 0.460 e. The van der Waals surface area contributed by atoms with Gasteiger partial charge in [0.05, 0.1) is 6.42 Å². The smallest absolute Gasteiger partial charge is 0.307 e. The molecule has 0 rings (SSSR count). The van der Waals surface area contributed by atoms with Gasteiger partial charge in [0.25, 0.3) is 0 Å². The summed E-state index contributed by atoms with van der Waals surface area (Å²) in [6, 6.07) is 0. The fourth-order valence-corrected chi connectivity index (χ4v) is 1.39. The summed E-state index contributed by atoms with van der Waals surface area (Å²) in [6.45, 7) is 12.4. The van der Waals surface area contributed by atoms with Crippen molar-refractivity contribution in [2.45, 2.75) is 65.5 Å². The predicted octanol–water partition coefficient (Wildman–Crippen LogP) is 1.61. The van der Waals surface area contributed by atoms with Crippen molar-refractivity contribution in [3.8, 4) is 0 Å². The standard InChI is InChI=1S/C14H28N2O3/c1-13(2,3)16-11(17)7-9-15-10-8-12(18)19-14(4,5)6/h15H,7-10H2,1-6H3,(H,16,17). The first kappa shape index (κ1) is 17.9. The summed E-state index contributed by atoms with van der Waals surface area (Å²) in [5.41, 5.74) is -0.642. The van der Waals surface area contributed by atoms with Crippen LogP contribution in [0.4, 0.5) is 0 Å². The van der Waals surface area contributed by atoms with Crippen LogP contribution in [-0.4, -0.2) is 36.1 Å². The van der Waals surface area contributed by atoms with Gasteiger partial charge >= 0.3 is 5.97 Å². The van der Waals surface area contributed by atoms with Crippen molar-refractivity contribution in [3.63, 3.8) is 0 Å². The second kappa shape index (κ2) is 7.48. The molecule has 0 aliphatic heterocycles. The van der Waals surface area contributed by atoms with Crippen molar-refractivity contribution >= 4 is 11.9 Å². The van der Waals surface area contributed by atoms with E-state index in [1.54, 1.807) is 0 Å². The quantitative estimate of drug-likeness (QED) is 0.569. The molecule has 0 aromatic heterocycles. The van der Waals surface area contributed by atoms with Gasteiger partial charge in [0.2, 0.25) is 5.91 Å². The summed E-state index contributed by atoms with van der Waals surface area (Å²) in [5, 5.41) is 5.94. The highest BCUT2D eigenvalue weighted by molar-refractivity contribution is 5.76. The highest BCUT2D eigenvalue weighted by Gasteiger charge is 2.16. The lowest BCUT2D eigenvalue weighted by molar-refractivity contribution is -0.154. The number of amides is 1. The fraction of sp³-hybridized carbons (Fsp3) is 0.857.